The van der Waals surface area contributed by atoms with Crippen LogP contribution in [0.15, 0.2) is 47.7 Å². The fourth-order valence-corrected chi connectivity index (χ4v) is 3.09. The summed E-state index contributed by atoms with van der Waals surface area (Å²) < 4.78 is 0. The van der Waals surface area contributed by atoms with Gasteiger partial charge in [-0.1, -0.05) is 23.8 Å². The van der Waals surface area contributed by atoms with Crippen LogP contribution in [0.25, 0.3) is 0 Å². The number of pyridine rings is 1. The number of hydrogen-bond donors (Lipinski definition) is 1. The molecule has 2 aromatic rings. The molecule has 2 heterocycles. The molecule has 106 valence electrons. The largest absolute Gasteiger partial charge is 0.481 e. The Hall–Kier alpha value is -2.49. The molecule has 0 saturated carbocycles. The number of carboxylic acid groups (broad SMARTS) is 1. The van der Waals surface area contributed by atoms with Crippen LogP contribution in [-0.2, 0) is 10.2 Å². The second-order valence-electron chi connectivity index (χ2n) is 5.44. The van der Waals surface area contributed by atoms with Gasteiger partial charge in [0.05, 0.1) is 17.5 Å². The average molecular weight is 280 g/mol. The van der Waals surface area contributed by atoms with E-state index in [9.17, 15) is 9.90 Å². The lowest BCUT2D eigenvalue weighted by Gasteiger charge is -2.30. The van der Waals surface area contributed by atoms with Crippen molar-refractivity contribution in [1.82, 2.24) is 4.98 Å². The molecule has 4 nitrogen and oxygen atoms in total. The molecule has 0 bridgehead atoms. The summed E-state index contributed by atoms with van der Waals surface area (Å²) in [5.74, 6) is -0.845. The van der Waals surface area contributed by atoms with Gasteiger partial charge in [0.1, 0.15) is 0 Å². The molecule has 0 fully saturated rings. The molecule has 1 N–H and O–H groups in total. The molecule has 0 aliphatic carbocycles. The van der Waals surface area contributed by atoms with Crippen LogP contribution in [0.5, 0.6) is 0 Å². The number of nitrogens with zero attached hydrogens (tertiary/aromatic N) is 2. The third kappa shape index (κ3) is 2.03. The number of carboxylic acids is 1. The minimum atomic E-state index is -0.845. The van der Waals surface area contributed by atoms with Gasteiger partial charge in [-0.3, -0.25) is 14.8 Å². The molecule has 1 unspecified atom stereocenters. The Morgan fingerprint density at radius 1 is 1.29 bits per heavy atom. The summed E-state index contributed by atoms with van der Waals surface area (Å²) in [5, 5.41) is 9.44. The summed E-state index contributed by atoms with van der Waals surface area (Å²) in [6.07, 6.45) is 3.40. The van der Waals surface area contributed by atoms with E-state index in [0.717, 1.165) is 28.1 Å². The molecule has 0 radical (unpaired) electrons. The van der Waals surface area contributed by atoms with Gasteiger partial charge in [0.15, 0.2) is 0 Å². The molecule has 0 amide bonds. The number of aromatic nitrogens is 1. The first-order valence-electron chi connectivity index (χ1n) is 6.83. The van der Waals surface area contributed by atoms with Crippen molar-refractivity contribution in [3.05, 3.63) is 59.4 Å². The molecule has 1 aromatic heterocycles. The number of aliphatic carboxylic acids is 1. The Morgan fingerprint density at radius 2 is 2.10 bits per heavy atom. The summed E-state index contributed by atoms with van der Waals surface area (Å²) in [6.45, 7) is 3.90. The normalized spacial score (nSPS) is 20.0. The first kappa shape index (κ1) is 13.5. The van der Waals surface area contributed by atoms with E-state index in [1.54, 1.807) is 12.4 Å². The van der Waals surface area contributed by atoms with Crippen molar-refractivity contribution in [2.24, 2.45) is 4.99 Å². The van der Waals surface area contributed by atoms with E-state index in [-0.39, 0.29) is 6.42 Å². The lowest BCUT2D eigenvalue weighted by atomic mass is 9.70. The molecular formula is C17H16N2O2. The minimum absolute atomic E-state index is 0.0233. The smallest absolute Gasteiger partial charge is 0.304 e. The zero-order valence-electron chi connectivity index (χ0n) is 12.0. The fraction of sp³-hybridized carbons (Fsp3) is 0.235. The minimum Gasteiger partial charge on any atom is -0.481 e. The van der Waals surface area contributed by atoms with Gasteiger partial charge < -0.3 is 5.11 Å². The van der Waals surface area contributed by atoms with Crippen molar-refractivity contribution in [2.75, 3.05) is 0 Å². The highest BCUT2D eigenvalue weighted by Gasteiger charge is 2.44. The standard InChI is InChI=1S/C17H16N2O2/c1-11-5-6-15-14(8-11)17(9-16(20)21,12(2)19-15)13-4-3-7-18-10-13/h3-8,10H,9H2,1-2H3,(H,20,21). The highest BCUT2D eigenvalue weighted by Crippen LogP contribution is 2.47. The van der Waals surface area contributed by atoms with E-state index in [4.69, 9.17) is 0 Å². The van der Waals surface area contributed by atoms with E-state index in [2.05, 4.69) is 9.98 Å². The Morgan fingerprint density at radius 3 is 2.76 bits per heavy atom. The molecule has 1 aromatic carbocycles. The zero-order chi connectivity index (χ0) is 15.0. The van der Waals surface area contributed by atoms with Crippen molar-refractivity contribution < 1.29 is 9.90 Å². The maximum absolute atomic E-state index is 11.5. The van der Waals surface area contributed by atoms with Gasteiger partial charge in [0.25, 0.3) is 0 Å². The summed E-state index contributed by atoms with van der Waals surface area (Å²) in [6, 6.07) is 9.74. The number of benzene rings is 1. The van der Waals surface area contributed by atoms with Gasteiger partial charge >= 0.3 is 5.97 Å². The predicted molar refractivity (Wildman–Crippen MR) is 81.2 cm³/mol. The number of aryl methyl sites for hydroxylation is 1. The van der Waals surface area contributed by atoms with Gasteiger partial charge in [-0.05, 0) is 37.1 Å². The SMILES string of the molecule is CC1=Nc2ccc(C)cc2C1(CC(=O)O)c1cccnc1. The summed E-state index contributed by atoms with van der Waals surface area (Å²) >= 11 is 0. The first-order valence-corrected chi connectivity index (χ1v) is 6.83. The van der Waals surface area contributed by atoms with Crippen LogP contribution in [0.1, 0.15) is 30.0 Å². The van der Waals surface area contributed by atoms with Crippen LogP contribution < -0.4 is 0 Å². The third-order valence-electron chi connectivity index (χ3n) is 4.09. The lowest BCUT2D eigenvalue weighted by Crippen LogP contribution is -2.35. The summed E-state index contributed by atoms with van der Waals surface area (Å²) in [4.78, 5) is 20.3. The van der Waals surface area contributed by atoms with Crippen LogP contribution >= 0.6 is 0 Å². The molecule has 0 spiro atoms. The van der Waals surface area contributed by atoms with Crippen LogP contribution in [0, 0.1) is 6.92 Å². The Balaban J connectivity index is 2.30. The van der Waals surface area contributed by atoms with Gasteiger partial charge in [-0.2, -0.15) is 0 Å². The van der Waals surface area contributed by atoms with E-state index in [1.165, 1.54) is 0 Å². The molecular weight excluding hydrogens is 264 g/mol. The Kier molecular flexibility index (Phi) is 3.09. The lowest BCUT2D eigenvalue weighted by molar-refractivity contribution is -0.137. The van der Waals surface area contributed by atoms with Gasteiger partial charge in [-0.25, -0.2) is 0 Å². The molecule has 1 aliphatic heterocycles. The summed E-state index contributed by atoms with van der Waals surface area (Å²) in [5.41, 5.74) is 3.86. The van der Waals surface area contributed by atoms with Crippen LogP contribution in [0.3, 0.4) is 0 Å². The van der Waals surface area contributed by atoms with Gasteiger partial charge in [-0.15, -0.1) is 0 Å². The van der Waals surface area contributed by atoms with E-state index in [1.807, 2.05) is 44.2 Å². The van der Waals surface area contributed by atoms with Crippen molar-refractivity contribution >= 4 is 17.4 Å². The molecule has 0 saturated heterocycles. The fourth-order valence-electron chi connectivity index (χ4n) is 3.09. The Labute approximate surface area is 123 Å². The maximum atomic E-state index is 11.5. The molecule has 1 atom stereocenters. The zero-order valence-corrected chi connectivity index (χ0v) is 12.0. The van der Waals surface area contributed by atoms with Crippen LogP contribution in [0.2, 0.25) is 0 Å². The van der Waals surface area contributed by atoms with Crippen molar-refractivity contribution in [3.8, 4) is 0 Å². The molecule has 3 rings (SSSR count). The number of fused-ring (bicyclic) bond motifs is 1. The second-order valence-corrected chi connectivity index (χ2v) is 5.44. The van der Waals surface area contributed by atoms with Crippen molar-refractivity contribution in [1.29, 1.82) is 0 Å². The van der Waals surface area contributed by atoms with E-state index < -0.39 is 11.4 Å². The quantitative estimate of drug-likeness (QED) is 0.938. The number of hydrogen-bond acceptors (Lipinski definition) is 3. The summed E-state index contributed by atoms with van der Waals surface area (Å²) in [7, 11) is 0. The van der Waals surface area contributed by atoms with E-state index in [0.29, 0.717) is 0 Å². The van der Waals surface area contributed by atoms with Gasteiger partial charge in [0.2, 0.25) is 0 Å². The monoisotopic (exact) mass is 280 g/mol. The van der Waals surface area contributed by atoms with Gasteiger partial charge in [0, 0.05) is 18.1 Å². The van der Waals surface area contributed by atoms with Crippen molar-refractivity contribution in [3.63, 3.8) is 0 Å². The van der Waals surface area contributed by atoms with Crippen LogP contribution in [0.4, 0.5) is 5.69 Å². The molecule has 1 aliphatic rings. The number of carbonyl (C=O) groups is 1. The number of aliphatic imine (C=N–C) groups is 1. The molecule has 4 heteroatoms. The second kappa shape index (κ2) is 4.81. The van der Waals surface area contributed by atoms with Crippen LogP contribution in [-0.4, -0.2) is 21.8 Å². The topological polar surface area (TPSA) is 62.5 Å². The molecule has 21 heavy (non-hydrogen) atoms. The highest BCUT2D eigenvalue weighted by atomic mass is 16.4. The number of rotatable bonds is 3. The maximum Gasteiger partial charge on any atom is 0.304 e. The third-order valence-corrected chi connectivity index (χ3v) is 4.09. The highest BCUT2D eigenvalue weighted by molar-refractivity contribution is 6.05. The predicted octanol–water partition coefficient (Wildman–Crippen LogP) is 3.26. The average Bonchev–Trinajstić information content (AvgIpc) is 2.73. The Bertz CT molecular complexity index is 738. The first-order chi connectivity index (χ1) is 10.0. The van der Waals surface area contributed by atoms with E-state index >= 15 is 0 Å². The van der Waals surface area contributed by atoms with Crippen molar-refractivity contribution in [2.45, 2.75) is 25.7 Å².